The average Bonchev–Trinajstić information content (AvgIpc) is 2.33. The van der Waals surface area contributed by atoms with E-state index in [1.165, 1.54) is 17.5 Å². The third-order valence-corrected chi connectivity index (χ3v) is 3.60. The Kier molecular flexibility index (Phi) is 4.61. The van der Waals surface area contributed by atoms with Crippen LogP contribution in [0.3, 0.4) is 0 Å². The van der Waals surface area contributed by atoms with Crippen molar-refractivity contribution in [1.29, 1.82) is 0 Å². The molecule has 1 atom stereocenters. The maximum Gasteiger partial charge on any atom is 0.125 e. The van der Waals surface area contributed by atoms with Crippen LogP contribution in [0.25, 0.3) is 0 Å². The molecule has 1 fully saturated rings. The first-order valence-corrected chi connectivity index (χ1v) is 6.84. The topological polar surface area (TPSA) is 38.5 Å². The van der Waals surface area contributed by atoms with Crippen LogP contribution in [0.4, 0.5) is 0 Å². The summed E-state index contributed by atoms with van der Waals surface area (Å²) in [6.07, 6.45) is 2.37. The van der Waals surface area contributed by atoms with E-state index in [0.717, 1.165) is 38.4 Å². The fraction of sp³-hybridized carbons (Fsp3) is 0.600. The second-order valence-corrected chi connectivity index (χ2v) is 5.27. The molecule has 1 aliphatic rings. The molecule has 0 bridgehead atoms. The van der Waals surface area contributed by atoms with Crippen LogP contribution in [0.1, 0.15) is 24.0 Å². The smallest absolute Gasteiger partial charge is 0.125 e. The second kappa shape index (κ2) is 6.21. The molecule has 1 aliphatic heterocycles. The monoisotopic (exact) mass is 248 g/mol. The molecular formula is C15H24N2O. The van der Waals surface area contributed by atoms with Crippen LogP contribution in [0, 0.1) is 13.8 Å². The van der Waals surface area contributed by atoms with E-state index in [1.807, 2.05) is 0 Å². The number of piperidine rings is 1. The molecule has 100 valence electrons. The highest BCUT2D eigenvalue weighted by atomic mass is 16.5. The zero-order valence-electron chi connectivity index (χ0n) is 11.5. The van der Waals surface area contributed by atoms with E-state index in [9.17, 15) is 0 Å². The van der Waals surface area contributed by atoms with Gasteiger partial charge >= 0.3 is 0 Å². The number of para-hydroxylation sites is 1. The lowest BCUT2D eigenvalue weighted by Gasteiger charge is -2.30. The molecular weight excluding hydrogens is 224 g/mol. The van der Waals surface area contributed by atoms with Gasteiger partial charge in [0.2, 0.25) is 0 Å². The van der Waals surface area contributed by atoms with Crippen LogP contribution in [0.5, 0.6) is 5.75 Å². The van der Waals surface area contributed by atoms with Gasteiger partial charge in [0.1, 0.15) is 12.4 Å². The number of rotatable bonds is 4. The number of likely N-dealkylation sites (tertiary alicyclic amines) is 1. The maximum atomic E-state index is 5.97. The van der Waals surface area contributed by atoms with E-state index in [1.54, 1.807) is 0 Å². The van der Waals surface area contributed by atoms with Crippen molar-refractivity contribution in [2.45, 2.75) is 32.7 Å². The van der Waals surface area contributed by atoms with Crippen LogP contribution in [-0.2, 0) is 0 Å². The van der Waals surface area contributed by atoms with Crippen LogP contribution in [0.2, 0.25) is 0 Å². The van der Waals surface area contributed by atoms with E-state index < -0.39 is 0 Å². The Morgan fingerprint density at radius 3 is 2.72 bits per heavy atom. The Hall–Kier alpha value is -1.06. The zero-order valence-corrected chi connectivity index (χ0v) is 11.5. The van der Waals surface area contributed by atoms with E-state index >= 15 is 0 Å². The van der Waals surface area contributed by atoms with Gasteiger partial charge in [0.25, 0.3) is 0 Å². The average molecular weight is 248 g/mol. The summed E-state index contributed by atoms with van der Waals surface area (Å²) in [6.45, 7) is 8.08. The molecule has 0 aromatic heterocycles. The first-order chi connectivity index (χ1) is 8.66. The molecule has 0 saturated carbocycles. The molecule has 1 aromatic rings. The van der Waals surface area contributed by atoms with E-state index in [4.69, 9.17) is 10.5 Å². The predicted molar refractivity (Wildman–Crippen MR) is 75.1 cm³/mol. The van der Waals surface area contributed by atoms with Crippen LogP contribution in [-0.4, -0.2) is 37.2 Å². The lowest BCUT2D eigenvalue weighted by molar-refractivity contribution is 0.170. The lowest BCUT2D eigenvalue weighted by Crippen LogP contribution is -2.44. The minimum absolute atomic E-state index is 0.346. The Labute approximate surface area is 110 Å². The highest BCUT2D eigenvalue weighted by Crippen LogP contribution is 2.22. The summed E-state index contributed by atoms with van der Waals surface area (Å²) in [6, 6.07) is 6.61. The molecule has 3 heteroatoms. The highest BCUT2D eigenvalue weighted by molar-refractivity contribution is 5.39. The Balaban J connectivity index is 1.81. The van der Waals surface area contributed by atoms with Gasteiger partial charge in [-0.1, -0.05) is 18.2 Å². The standard InChI is InChI=1S/C15H24N2O/c1-12-5-3-6-13(2)15(12)18-10-9-17-8-4-7-14(16)11-17/h3,5-6,14H,4,7-11,16H2,1-2H3. The van der Waals surface area contributed by atoms with Crippen LogP contribution >= 0.6 is 0 Å². The summed E-state index contributed by atoms with van der Waals surface area (Å²) >= 11 is 0. The summed E-state index contributed by atoms with van der Waals surface area (Å²) in [4.78, 5) is 2.40. The van der Waals surface area contributed by atoms with Gasteiger partial charge in [-0.3, -0.25) is 4.90 Å². The van der Waals surface area contributed by atoms with Crippen molar-refractivity contribution in [1.82, 2.24) is 4.90 Å². The normalized spacial score (nSPS) is 20.9. The lowest BCUT2D eigenvalue weighted by atomic mass is 10.1. The predicted octanol–water partition coefficient (Wildman–Crippen LogP) is 2.11. The maximum absolute atomic E-state index is 5.97. The van der Waals surface area contributed by atoms with Gasteiger partial charge in [0.05, 0.1) is 0 Å². The van der Waals surface area contributed by atoms with E-state index in [0.29, 0.717) is 6.04 Å². The molecule has 0 spiro atoms. The molecule has 1 unspecified atom stereocenters. The number of nitrogens with zero attached hydrogens (tertiary/aromatic N) is 1. The summed E-state index contributed by atoms with van der Waals surface area (Å²) in [5.74, 6) is 1.04. The number of nitrogens with two attached hydrogens (primary N) is 1. The number of ether oxygens (including phenoxy) is 1. The van der Waals surface area contributed by atoms with E-state index in [-0.39, 0.29) is 0 Å². The third kappa shape index (κ3) is 3.47. The molecule has 2 N–H and O–H groups in total. The van der Waals surface area contributed by atoms with Crippen molar-refractivity contribution in [2.24, 2.45) is 5.73 Å². The second-order valence-electron chi connectivity index (χ2n) is 5.27. The van der Waals surface area contributed by atoms with Crippen LogP contribution in [0.15, 0.2) is 18.2 Å². The summed E-state index contributed by atoms with van der Waals surface area (Å²) < 4.78 is 5.92. The highest BCUT2D eigenvalue weighted by Gasteiger charge is 2.16. The van der Waals surface area contributed by atoms with Gasteiger partial charge in [-0.15, -0.1) is 0 Å². The molecule has 0 amide bonds. The molecule has 3 nitrogen and oxygen atoms in total. The first-order valence-electron chi connectivity index (χ1n) is 6.84. The van der Waals surface area contributed by atoms with Crippen molar-refractivity contribution in [3.8, 4) is 5.75 Å². The molecule has 1 aromatic carbocycles. The zero-order chi connectivity index (χ0) is 13.0. The molecule has 0 radical (unpaired) electrons. The van der Waals surface area contributed by atoms with Crippen molar-refractivity contribution in [2.75, 3.05) is 26.2 Å². The number of hydrogen-bond donors (Lipinski definition) is 1. The van der Waals surface area contributed by atoms with Crippen molar-refractivity contribution >= 4 is 0 Å². The van der Waals surface area contributed by atoms with Gasteiger partial charge in [-0.2, -0.15) is 0 Å². The van der Waals surface area contributed by atoms with Crippen molar-refractivity contribution < 1.29 is 4.74 Å². The third-order valence-electron chi connectivity index (χ3n) is 3.60. The molecule has 2 rings (SSSR count). The Bertz CT molecular complexity index is 372. The van der Waals surface area contributed by atoms with E-state index in [2.05, 4.69) is 36.9 Å². The summed E-state index contributed by atoms with van der Waals surface area (Å²) in [7, 11) is 0. The minimum Gasteiger partial charge on any atom is -0.492 e. The van der Waals surface area contributed by atoms with Gasteiger partial charge in [0, 0.05) is 19.1 Å². The Morgan fingerprint density at radius 2 is 2.06 bits per heavy atom. The van der Waals surface area contributed by atoms with Gasteiger partial charge < -0.3 is 10.5 Å². The molecule has 1 saturated heterocycles. The summed E-state index contributed by atoms with van der Waals surface area (Å²) in [5, 5.41) is 0. The van der Waals surface area contributed by atoms with Crippen molar-refractivity contribution in [3.05, 3.63) is 29.3 Å². The van der Waals surface area contributed by atoms with Crippen LogP contribution < -0.4 is 10.5 Å². The van der Waals surface area contributed by atoms with Gasteiger partial charge in [-0.05, 0) is 44.4 Å². The fourth-order valence-electron chi connectivity index (χ4n) is 2.60. The first kappa shape index (κ1) is 13.4. The molecule has 0 aliphatic carbocycles. The van der Waals surface area contributed by atoms with Gasteiger partial charge in [0.15, 0.2) is 0 Å². The van der Waals surface area contributed by atoms with Gasteiger partial charge in [-0.25, -0.2) is 0 Å². The quantitative estimate of drug-likeness (QED) is 0.887. The minimum atomic E-state index is 0.346. The molecule has 1 heterocycles. The summed E-state index contributed by atoms with van der Waals surface area (Å²) in [5.41, 5.74) is 8.40. The number of hydrogen-bond acceptors (Lipinski definition) is 3. The van der Waals surface area contributed by atoms with Crippen molar-refractivity contribution in [3.63, 3.8) is 0 Å². The fourth-order valence-corrected chi connectivity index (χ4v) is 2.60. The largest absolute Gasteiger partial charge is 0.492 e. The molecule has 18 heavy (non-hydrogen) atoms. The number of aryl methyl sites for hydroxylation is 2. The number of benzene rings is 1. The SMILES string of the molecule is Cc1cccc(C)c1OCCN1CCCC(N)C1. The Morgan fingerprint density at radius 1 is 1.33 bits per heavy atom.